The van der Waals surface area contributed by atoms with Crippen molar-refractivity contribution < 1.29 is 0 Å². The summed E-state index contributed by atoms with van der Waals surface area (Å²) in [4.78, 5) is 0. The second-order valence-electron chi connectivity index (χ2n) is 2.55. The highest BCUT2D eigenvalue weighted by atomic mass is 15.3. The Bertz CT molecular complexity index is 97.0. The van der Waals surface area contributed by atoms with E-state index in [4.69, 9.17) is 5.84 Å². The van der Waals surface area contributed by atoms with E-state index >= 15 is 0 Å². The summed E-state index contributed by atoms with van der Waals surface area (Å²) in [6, 6.07) is 0.278. The highest BCUT2D eigenvalue weighted by Crippen LogP contribution is 2.15. The number of nitrogens with zero attached hydrogens (tertiary/aromatic N) is 2. The third-order valence-electron chi connectivity index (χ3n) is 1.98. The van der Waals surface area contributed by atoms with Gasteiger partial charge in [0.05, 0.1) is 6.04 Å². The number of nitrogens with two attached hydrogens (primary N) is 1. The maximum atomic E-state index is 4.93. The van der Waals surface area contributed by atoms with Gasteiger partial charge in [-0.15, -0.1) is 0 Å². The first-order valence-corrected chi connectivity index (χ1v) is 3.86. The van der Waals surface area contributed by atoms with Gasteiger partial charge in [-0.25, -0.2) is 0 Å². The van der Waals surface area contributed by atoms with Crippen molar-refractivity contribution in [1.82, 2.24) is 0 Å². The normalized spacial score (nSPS) is 14.8. The molecule has 0 aromatic rings. The summed E-state index contributed by atoms with van der Waals surface area (Å²) in [7, 11) is 0. The molecule has 2 N–H and O–H groups in total. The molecule has 0 aliphatic rings. The largest absolute Gasteiger partial charge is 0.305 e. The van der Waals surface area contributed by atoms with E-state index in [9.17, 15) is 0 Å². The molecule has 0 radical (unpaired) electrons. The van der Waals surface area contributed by atoms with Gasteiger partial charge in [0.25, 0.3) is 0 Å². The standard InChI is InChI=1S/C7H17N3/c1-4-7(5-2)6(3)9-10-8/h6-7H,4-5H2,1-3H3,(H2,8,9). The van der Waals surface area contributed by atoms with E-state index in [0.717, 1.165) is 12.8 Å². The van der Waals surface area contributed by atoms with Gasteiger partial charge in [0.15, 0.2) is 0 Å². The van der Waals surface area contributed by atoms with Crippen LogP contribution in [0.25, 0.3) is 0 Å². The Kier molecular flexibility index (Phi) is 4.89. The third-order valence-corrected chi connectivity index (χ3v) is 1.98. The molecule has 3 nitrogen and oxygen atoms in total. The number of hydrogen-bond donors (Lipinski definition) is 1. The molecule has 10 heavy (non-hydrogen) atoms. The molecule has 0 spiro atoms. The summed E-state index contributed by atoms with van der Waals surface area (Å²) < 4.78 is 0. The first-order valence-electron chi connectivity index (χ1n) is 3.86. The molecule has 0 aromatic carbocycles. The molecular formula is C7H17N3. The average Bonchev–Trinajstić information content (AvgIpc) is 1.91. The summed E-state index contributed by atoms with van der Waals surface area (Å²) in [6.07, 6.45) is 2.30. The zero-order chi connectivity index (χ0) is 7.98. The van der Waals surface area contributed by atoms with Crippen molar-refractivity contribution in [3.05, 3.63) is 0 Å². The molecule has 0 saturated carbocycles. The quantitative estimate of drug-likeness (QED) is 0.366. The molecule has 0 amide bonds. The molecule has 0 aromatic heterocycles. The summed E-state index contributed by atoms with van der Waals surface area (Å²) in [5.41, 5.74) is 0. The van der Waals surface area contributed by atoms with E-state index in [-0.39, 0.29) is 6.04 Å². The van der Waals surface area contributed by atoms with Crippen LogP contribution in [-0.2, 0) is 0 Å². The minimum atomic E-state index is 0.278. The number of hydrogen-bond acceptors (Lipinski definition) is 2. The van der Waals surface area contributed by atoms with E-state index in [1.54, 1.807) is 0 Å². The highest BCUT2D eigenvalue weighted by molar-refractivity contribution is 4.66. The van der Waals surface area contributed by atoms with Crippen LogP contribution in [-0.4, -0.2) is 6.04 Å². The van der Waals surface area contributed by atoms with Gasteiger partial charge in [-0.3, -0.25) is 0 Å². The topological polar surface area (TPSA) is 50.7 Å². The predicted octanol–water partition coefficient (Wildman–Crippen LogP) is 2.14. The van der Waals surface area contributed by atoms with Crippen molar-refractivity contribution in [2.75, 3.05) is 0 Å². The molecule has 0 rings (SSSR count). The predicted molar refractivity (Wildman–Crippen MR) is 42.6 cm³/mol. The van der Waals surface area contributed by atoms with Crippen LogP contribution < -0.4 is 5.84 Å². The smallest absolute Gasteiger partial charge is 0.0729 e. The van der Waals surface area contributed by atoms with Gasteiger partial charge >= 0.3 is 0 Å². The maximum Gasteiger partial charge on any atom is 0.0729 e. The maximum absolute atomic E-state index is 4.93. The van der Waals surface area contributed by atoms with E-state index in [1.807, 2.05) is 6.92 Å². The summed E-state index contributed by atoms with van der Waals surface area (Å²) in [6.45, 7) is 6.38. The Morgan fingerprint density at radius 2 is 1.80 bits per heavy atom. The average molecular weight is 143 g/mol. The van der Waals surface area contributed by atoms with Gasteiger partial charge in [0.2, 0.25) is 0 Å². The molecular weight excluding hydrogens is 126 g/mol. The molecule has 0 bridgehead atoms. The van der Waals surface area contributed by atoms with Crippen molar-refractivity contribution in [3.8, 4) is 0 Å². The molecule has 1 atom stereocenters. The van der Waals surface area contributed by atoms with Crippen LogP contribution in [0.15, 0.2) is 10.3 Å². The van der Waals surface area contributed by atoms with Crippen LogP contribution in [0, 0.1) is 5.92 Å². The van der Waals surface area contributed by atoms with Gasteiger partial charge in [-0.1, -0.05) is 31.9 Å². The van der Waals surface area contributed by atoms with Gasteiger partial charge in [-0.05, 0) is 12.8 Å². The van der Waals surface area contributed by atoms with Crippen molar-refractivity contribution in [1.29, 1.82) is 0 Å². The lowest BCUT2D eigenvalue weighted by Crippen LogP contribution is -2.12. The SMILES string of the molecule is CCC(CC)C(C)N=NN. The minimum absolute atomic E-state index is 0.278. The molecule has 0 saturated heterocycles. The Morgan fingerprint density at radius 3 is 2.10 bits per heavy atom. The van der Waals surface area contributed by atoms with Gasteiger partial charge in [-0.2, -0.15) is 5.11 Å². The fraction of sp³-hybridized carbons (Fsp3) is 1.00. The lowest BCUT2D eigenvalue weighted by atomic mass is 9.96. The van der Waals surface area contributed by atoms with Crippen LogP contribution in [0.3, 0.4) is 0 Å². The molecule has 0 aliphatic carbocycles. The van der Waals surface area contributed by atoms with E-state index in [1.165, 1.54) is 0 Å². The van der Waals surface area contributed by atoms with Crippen molar-refractivity contribution >= 4 is 0 Å². The Balaban J connectivity index is 3.75. The number of rotatable bonds is 4. The molecule has 1 unspecified atom stereocenters. The van der Waals surface area contributed by atoms with Gasteiger partial charge < -0.3 is 5.84 Å². The van der Waals surface area contributed by atoms with Crippen LogP contribution >= 0.6 is 0 Å². The first kappa shape index (κ1) is 9.40. The Morgan fingerprint density at radius 1 is 1.30 bits per heavy atom. The zero-order valence-corrected chi connectivity index (χ0v) is 7.04. The highest BCUT2D eigenvalue weighted by Gasteiger charge is 2.11. The molecule has 0 aliphatic heterocycles. The van der Waals surface area contributed by atoms with Crippen molar-refractivity contribution in [2.45, 2.75) is 39.7 Å². The van der Waals surface area contributed by atoms with Crippen molar-refractivity contribution in [2.24, 2.45) is 22.1 Å². The monoisotopic (exact) mass is 143 g/mol. The van der Waals surface area contributed by atoms with E-state index < -0.39 is 0 Å². The van der Waals surface area contributed by atoms with E-state index in [0.29, 0.717) is 5.92 Å². The lowest BCUT2D eigenvalue weighted by molar-refractivity contribution is 0.406. The zero-order valence-electron chi connectivity index (χ0n) is 7.04. The molecule has 3 heteroatoms. The Labute approximate surface area is 62.7 Å². The second-order valence-corrected chi connectivity index (χ2v) is 2.55. The molecule has 60 valence electrons. The van der Waals surface area contributed by atoms with E-state index in [2.05, 4.69) is 24.2 Å². The van der Waals surface area contributed by atoms with Crippen LogP contribution in [0.1, 0.15) is 33.6 Å². The Hall–Kier alpha value is -0.600. The van der Waals surface area contributed by atoms with Crippen LogP contribution in [0.4, 0.5) is 0 Å². The third kappa shape index (κ3) is 2.80. The fourth-order valence-corrected chi connectivity index (χ4v) is 1.17. The minimum Gasteiger partial charge on any atom is -0.305 e. The van der Waals surface area contributed by atoms with Crippen LogP contribution in [0.5, 0.6) is 0 Å². The molecule has 0 fully saturated rings. The lowest BCUT2D eigenvalue weighted by Gasteiger charge is -2.14. The fourth-order valence-electron chi connectivity index (χ4n) is 1.17. The molecule has 0 heterocycles. The summed E-state index contributed by atoms with van der Waals surface area (Å²) in [5, 5.41) is 7.15. The van der Waals surface area contributed by atoms with Crippen LogP contribution in [0.2, 0.25) is 0 Å². The van der Waals surface area contributed by atoms with Gasteiger partial charge in [0.1, 0.15) is 0 Å². The second kappa shape index (κ2) is 5.21. The van der Waals surface area contributed by atoms with Gasteiger partial charge in [0, 0.05) is 0 Å². The summed E-state index contributed by atoms with van der Waals surface area (Å²) in [5.74, 6) is 5.57. The summed E-state index contributed by atoms with van der Waals surface area (Å²) >= 11 is 0. The van der Waals surface area contributed by atoms with Crippen molar-refractivity contribution in [3.63, 3.8) is 0 Å². The first-order chi connectivity index (χ1) is 4.76.